The normalized spacial score (nSPS) is 20.1. The first-order chi connectivity index (χ1) is 9.06. The topological polar surface area (TPSA) is 43.8 Å². The Kier molecular flexibility index (Phi) is 5.21. The monoisotopic (exact) mass is 302 g/mol. The van der Waals surface area contributed by atoms with Crippen LogP contribution in [0.5, 0.6) is 0 Å². The molecule has 1 saturated heterocycles. The van der Waals surface area contributed by atoms with E-state index < -0.39 is 5.97 Å². The molecule has 4 nitrogen and oxygen atoms in total. The molecule has 1 atom stereocenters. The van der Waals surface area contributed by atoms with E-state index in [0.717, 1.165) is 36.9 Å². The first-order valence-electron chi connectivity index (χ1n) is 6.49. The van der Waals surface area contributed by atoms with Crippen LogP contribution in [0.3, 0.4) is 0 Å². The molecule has 1 unspecified atom stereocenters. The van der Waals surface area contributed by atoms with Crippen molar-refractivity contribution in [2.45, 2.75) is 19.4 Å². The van der Waals surface area contributed by atoms with E-state index in [0.29, 0.717) is 6.04 Å². The molecule has 0 bridgehead atoms. The fourth-order valence-corrected chi connectivity index (χ4v) is 3.61. The molecule has 0 aromatic carbocycles. The van der Waals surface area contributed by atoms with Gasteiger partial charge in [-0.3, -0.25) is 14.6 Å². The second kappa shape index (κ2) is 6.70. The number of hydrogen-bond donors (Lipinski definition) is 1. The number of aliphatic carboxylic acids is 1. The predicted octanol–water partition coefficient (Wildman–Crippen LogP) is 2.55. The third-order valence-corrected chi connectivity index (χ3v) is 4.94. The first-order valence-corrected chi connectivity index (χ1v) is 7.69. The van der Waals surface area contributed by atoms with Crippen LogP contribution in [-0.2, 0) is 4.79 Å². The van der Waals surface area contributed by atoms with E-state index in [1.807, 2.05) is 11.0 Å². The molecule has 6 heteroatoms. The summed E-state index contributed by atoms with van der Waals surface area (Å²) in [5, 5.41) is 8.85. The molecule has 106 valence electrons. The summed E-state index contributed by atoms with van der Waals surface area (Å²) >= 11 is 7.61. The molecule has 1 fully saturated rings. The largest absolute Gasteiger partial charge is 0.480 e. The smallest absolute Gasteiger partial charge is 0.317 e. The van der Waals surface area contributed by atoms with Gasteiger partial charge in [0.1, 0.15) is 0 Å². The Bertz CT molecular complexity index is 438. The average molecular weight is 303 g/mol. The number of hydrogen-bond acceptors (Lipinski definition) is 4. The minimum atomic E-state index is -0.744. The van der Waals surface area contributed by atoms with Crippen LogP contribution in [0.1, 0.15) is 24.3 Å². The zero-order chi connectivity index (χ0) is 13.8. The molecule has 1 aliphatic heterocycles. The number of nitrogens with zero attached hydrogens (tertiary/aromatic N) is 2. The quantitative estimate of drug-likeness (QED) is 0.928. The number of carboxylic acids is 1. The molecular weight excluding hydrogens is 284 g/mol. The first kappa shape index (κ1) is 14.8. The lowest BCUT2D eigenvalue weighted by atomic mass is 10.2. The van der Waals surface area contributed by atoms with Crippen molar-refractivity contribution in [1.29, 1.82) is 0 Å². The van der Waals surface area contributed by atoms with Crippen LogP contribution in [-0.4, -0.2) is 53.6 Å². The van der Waals surface area contributed by atoms with Gasteiger partial charge in [-0.25, -0.2) is 0 Å². The molecule has 0 radical (unpaired) electrons. The van der Waals surface area contributed by atoms with Gasteiger partial charge in [-0.05, 0) is 25.5 Å². The molecule has 0 amide bonds. The minimum Gasteiger partial charge on any atom is -0.480 e. The van der Waals surface area contributed by atoms with E-state index in [-0.39, 0.29) is 6.54 Å². The van der Waals surface area contributed by atoms with Crippen LogP contribution in [0, 0.1) is 0 Å². The van der Waals surface area contributed by atoms with Crippen LogP contribution < -0.4 is 0 Å². The van der Waals surface area contributed by atoms with E-state index in [9.17, 15) is 4.79 Å². The zero-order valence-corrected chi connectivity index (χ0v) is 12.6. The lowest BCUT2D eigenvalue weighted by Crippen LogP contribution is -2.34. The van der Waals surface area contributed by atoms with Gasteiger partial charge in [0.25, 0.3) is 0 Å². The van der Waals surface area contributed by atoms with Crippen molar-refractivity contribution >= 4 is 28.9 Å². The van der Waals surface area contributed by atoms with E-state index >= 15 is 0 Å². The molecule has 1 aromatic heterocycles. The molecule has 2 heterocycles. The van der Waals surface area contributed by atoms with Crippen LogP contribution in [0.15, 0.2) is 12.1 Å². The number of thiophene rings is 1. The van der Waals surface area contributed by atoms with Gasteiger partial charge < -0.3 is 5.11 Å². The highest BCUT2D eigenvalue weighted by Crippen LogP contribution is 2.30. The maximum atomic E-state index is 10.8. The molecule has 1 N–H and O–H groups in total. The summed E-state index contributed by atoms with van der Waals surface area (Å²) in [6.45, 7) is 5.93. The molecule has 0 aliphatic carbocycles. The second-order valence-corrected chi connectivity index (χ2v) is 6.62. The number of rotatable bonds is 4. The molecule has 0 saturated carbocycles. The van der Waals surface area contributed by atoms with E-state index in [2.05, 4.69) is 17.9 Å². The van der Waals surface area contributed by atoms with Gasteiger partial charge >= 0.3 is 5.97 Å². The Balaban J connectivity index is 1.93. The van der Waals surface area contributed by atoms with Crippen LogP contribution in [0.4, 0.5) is 0 Å². The molecule has 1 aliphatic rings. The number of carboxylic acid groups (broad SMARTS) is 1. The summed E-state index contributed by atoms with van der Waals surface area (Å²) in [5.74, 6) is -0.744. The minimum absolute atomic E-state index is 0.146. The van der Waals surface area contributed by atoms with Gasteiger partial charge in [-0.2, -0.15) is 0 Å². The zero-order valence-electron chi connectivity index (χ0n) is 11.0. The molecular formula is C13H19ClN2O2S. The summed E-state index contributed by atoms with van der Waals surface area (Å²) in [7, 11) is 0. The molecule has 2 rings (SSSR count). The highest BCUT2D eigenvalue weighted by Gasteiger charge is 2.22. The van der Waals surface area contributed by atoms with E-state index in [1.165, 1.54) is 4.88 Å². The summed E-state index contributed by atoms with van der Waals surface area (Å²) < 4.78 is 0.823. The Labute approximate surface area is 122 Å². The van der Waals surface area contributed by atoms with Crippen molar-refractivity contribution in [3.8, 4) is 0 Å². The van der Waals surface area contributed by atoms with Gasteiger partial charge in [0.05, 0.1) is 10.9 Å². The van der Waals surface area contributed by atoms with Gasteiger partial charge in [0.15, 0.2) is 0 Å². The van der Waals surface area contributed by atoms with Gasteiger partial charge in [0.2, 0.25) is 0 Å². The lowest BCUT2D eigenvalue weighted by Gasteiger charge is -2.26. The van der Waals surface area contributed by atoms with Crippen molar-refractivity contribution in [2.75, 3.05) is 32.7 Å². The Morgan fingerprint density at radius 2 is 2.21 bits per heavy atom. The summed E-state index contributed by atoms with van der Waals surface area (Å²) in [6.07, 6.45) is 1.01. The standard InChI is InChI=1S/C13H19ClN2O2S/c1-10(11-3-4-12(14)19-11)16-6-2-5-15(7-8-16)9-13(17)18/h3-4,10H,2,5-9H2,1H3,(H,17,18). The van der Waals surface area contributed by atoms with Crippen molar-refractivity contribution in [3.63, 3.8) is 0 Å². The Hall–Kier alpha value is -0.620. The Morgan fingerprint density at radius 1 is 1.42 bits per heavy atom. The van der Waals surface area contributed by atoms with Crippen LogP contribution >= 0.6 is 22.9 Å². The van der Waals surface area contributed by atoms with E-state index in [4.69, 9.17) is 16.7 Å². The van der Waals surface area contributed by atoms with Gasteiger partial charge in [-0.15, -0.1) is 11.3 Å². The maximum Gasteiger partial charge on any atom is 0.317 e. The number of halogens is 1. The predicted molar refractivity (Wildman–Crippen MR) is 78.0 cm³/mol. The maximum absolute atomic E-state index is 10.8. The van der Waals surface area contributed by atoms with Crippen LogP contribution in [0.2, 0.25) is 4.34 Å². The highest BCUT2D eigenvalue weighted by molar-refractivity contribution is 7.16. The average Bonchev–Trinajstić information content (AvgIpc) is 2.65. The van der Waals surface area contributed by atoms with Crippen molar-refractivity contribution < 1.29 is 9.90 Å². The fraction of sp³-hybridized carbons (Fsp3) is 0.615. The lowest BCUT2D eigenvalue weighted by molar-refractivity contribution is -0.138. The SMILES string of the molecule is CC(c1ccc(Cl)s1)N1CCCN(CC(=O)O)CC1. The third kappa shape index (κ3) is 4.18. The summed E-state index contributed by atoms with van der Waals surface area (Å²) in [4.78, 5) is 16.4. The highest BCUT2D eigenvalue weighted by atomic mass is 35.5. The van der Waals surface area contributed by atoms with E-state index in [1.54, 1.807) is 11.3 Å². The fourth-order valence-electron chi connectivity index (χ4n) is 2.46. The van der Waals surface area contributed by atoms with Crippen molar-refractivity contribution in [1.82, 2.24) is 9.80 Å². The van der Waals surface area contributed by atoms with Crippen molar-refractivity contribution in [2.24, 2.45) is 0 Å². The van der Waals surface area contributed by atoms with Gasteiger partial charge in [-0.1, -0.05) is 11.6 Å². The third-order valence-electron chi connectivity index (χ3n) is 3.54. The second-order valence-electron chi connectivity index (χ2n) is 4.88. The summed E-state index contributed by atoms with van der Waals surface area (Å²) in [6, 6.07) is 4.37. The molecule has 19 heavy (non-hydrogen) atoms. The summed E-state index contributed by atoms with van der Waals surface area (Å²) in [5.41, 5.74) is 0. The number of carbonyl (C=O) groups is 1. The van der Waals surface area contributed by atoms with Crippen LogP contribution in [0.25, 0.3) is 0 Å². The Morgan fingerprint density at radius 3 is 2.84 bits per heavy atom. The van der Waals surface area contributed by atoms with Gasteiger partial charge in [0, 0.05) is 37.1 Å². The molecule has 1 aromatic rings. The van der Waals surface area contributed by atoms with Crippen molar-refractivity contribution in [3.05, 3.63) is 21.3 Å². The molecule has 0 spiro atoms.